The topological polar surface area (TPSA) is 548 Å². The zero-order valence-electron chi connectivity index (χ0n) is 39.9. The van der Waals surface area contributed by atoms with E-state index in [9.17, 15) is 107 Å². The van der Waals surface area contributed by atoms with Crippen LogP contribution in [0.2, 0.25) is 0 Å². The molecule has 35 nitrogen and oxygen atoms in total. The van der Waals surface area contributed by atoms with Crippen LogP contribution >= 0.6 is 0 Å². The van der Waals surface area contributed by atoms with E-state index in [-0.39, 0.29) is 12.6 Å². The maximum Gasteiger partial charge on any atom is 0.187 e. The van der Waals surface area contributed by atoms with Gasteiger partial charge in [-0.3, -0.25) is 0 Å². The number of aldehydes is 2. The molecule has 0 aromatic carbocycles. The molecule has 21 heterocycles. The molecule has 0 aromatic rings. The van der Waals surface area contributed by atoms with E-state index in [0.29, 0.717) is 0 Å². The first-order chi connectivity index (χ1) is 36.7. The van der Waals surface area contributed by atoms with Gasteiger partial charge in [-0.1, -0.05) is 0 Å². The lowest BCUT2D eigenvalue weighted by molar-refractivity contribution is -0.393. The van der Waals surface area contributed by atoms with E-state index in [1.807, 2.05) is 0 Å². The Morgan fingerprint density at radius 1 is 0.221 bits per heavy atom. The Morgan fingerprint density at radius 2 is 0.377 bits per heavy atom. The fourth-order valence-electron chi connectivity index (χ4n) is 10.2. The molecule has 77 heavy (non-hydrogen) atoms. The second kappa shape index (κ2) is 25.7. The van der Waals surface area contributed by atoms with Gasteiger partial charge in [-0.2, -0.15) is 0 Å². The lowest BCUT2D eigenvalue weighted by Crippen LogP contribution is -2.68. The number of hydrogen-bond donors (Lipinski definition) is 19. The Balaban J connectivity index is 1.08. The van der Waals surface area contributed by atoms with Gasteiger partial charge in [0.25, 0.3) is 0 Å². The Morgan fingerprint density at radius 3 is 0.545 bits per heavy atom. The monoisotopic (exact) mass is 1130 g/mol. The summed E-state index contributed by atoms with van der Waals surface area (Å²) >= 11 is 0. The molecule has 21 rings (SSSR count). The smallest absolute Gasteiger partial charge is 0.187 e. The van der Waals surface area contributed by atoms with Crippen molar-refractivity contribution in [1.29, 1.82) is 0 Å². The van der Waals surface area contributed by atoms with Crippen molar-refractivity contribution in [2.24, 2.45) is 0 Å². The second-order valence-electron chi connectivity index (χ2n) is 19.4. The highest BCUT2D eigenvalue weighted by Crippen LogP contribution is 2.38. The molecule has 0 aromatic heterocycles. The van der Waals surface area contributed by atoms with E-state index in [0.717, 1.165) is 0 Å². The van der Waals surface area contributed by atoms with E-state index >= 15 is 0 Å². The molecule has 0 amide bonds. The van der Waals surface area contributed by atoms with Crippen LogP contribution in [0.3, 0.4) is 0 Å². The van der Waals surface area contributed by atoms with E-state index in [1.165, 1.54) is 0 Å². The van der Waals surface area contributed by atoms with Crippen LogP contribution in [0.5, 0.6) is 0 Å². The molecule has 21 saturated heterocycles. The first kappa shape index (κ1) is 61.1. The minimum absolute atomic E-state index is 0.0358. The minimum Gasteiger partial charge on any atom is -0.394 e. The predicted octanol–water partition coefficient (Wildman–Crippen LogP) is -14.8. The standard InChI is InChI=1S/C42H66O35/c43-1-8-29-15(50)22(57)36(64-8)72-30-9(2-44)66-38(24(59)17(30)52)74-32-11(4-46)68-40(26(61)19(32)54)76-34-13(6-48)70-42(28(63)21(34)56)77-35-14(7-49)69-41(27(62)20(35)55)75-33-12(5-47)67-39(25(60)18(33)53)73-31-10(3-45)65-37(71-29)23(58)16(31)51/h1,6,8-42,44-47,49-63H,2-5,7H2/t8-,9-,10-,11-,12-,13-,14-,15-,16-,17+,18-,19+,20-,21-,22-,23-,24+,25-,26+,27-,28-,29-,30-,31-,32-,33-,34-,35-,36-,37-,38-,39-,40-,41-,42-/m1/s1. The third-order valence-corrected chi connectivity index (χ3v) is 14.6. The highest BCUT2D eigenvalue weighted by Gasteiger charge is 2.59. The zero-order chi connectivity index (χ0) is 56.1. The van der Waals surface area contributed by atoms with Crippen molar-refractivity contribution >= 4 is 12.6 Å². The Hall–Kier alpha value is -1.98. The number of aliphatic hydroxyl groups excluding tert-OH is 19. The van der Waals surface area contributed by atoms with Gasteiger partial charge >= 0.3 is 0 Å². The van der Waals surface area contributed by atoms with Crippen molar-refractivity contribution in [3.63, 3.8) is 0 Å². The fraction of sp³-hybridized carbons (Fsp3) is 0.952. The average Bonchev–Trinajstić information content (AvgIpc) is 3.45. The highest BCUT2D eigenvalue weighted by molar-refractivity contribution is 5.58. The Labute approximate surface area is 433 Å². The minimum atomic E-state index is -2.26. The lowest BCUT2D eigenvalue weighted by atomic mass is 9.95. The average molecular weight is 1130 g/mol. The summed E-state index contributed by atoms with van der Waals surface area (Å²) in [6, 6.07) is 0. The third-order valence-electron chi connectivity index (χ3n) is 14.6. The van der Waals surface area contributed by atoms with Crippen LogP contribution in [0.4, 0.5) is 0 Å². The predicted molar refractivity (Wildman–Crippen MR) is 226 cm³/mol. The first-order valence-electron chi connectivity index (χ1n) is 24.3. The van der Waals surface area contributed by atoms with Crippen LogP contribution in [-0.2, 0) is 75.9 Å². The van der Waals surface area contributed by atoms with Gasteiger partial charge in [0.15, 0.2) is 56.6 Å². The number of hydrogen-bond acceptors (Lipinski definition) is 35. The van der Waals surface area contributed by atoms with E-state index in [4.69, 9.17) is 66.3 Å². The van der Waals surface area contributed by atoms with Gasteiger partial charge in [0, 0.05) is 0 Å². The molecular formula is C42H66O35. The summed E-state index contributed by atoms with van der Waals surface area (Å²) in [6.45, 7) is -5.36. The molecule has 14 bridgehead atoms. The van der Waals surface area contributed by atoms with Crippen LogP contribution in [0.15, 0.2) is 0 Å². The van der Waals surface area contributed by atoms with Gasteiger partial charge in [0.1, 0.15) is 171 Å². The molecule has 0 radical (unpaired) electrons. The SMILES string of the molecule is O=C[C@H]1O[C@@H]2O[C@H]3[C@H](O)[C@@H](O)[C@@H](O[C@H]4[C@H](O)[C@@H](O)[C@@H](O[C@H]5[C@H](O)[C@@H](O)[C@@H](O[C@H]6[C@H](O)[C@@H](O)[C@@H](O[C@H]7[C@@H](O)[C@H](O)[C@@H](O[C@H]8[C@@H](O)[C@H](O)[C@@H](O[C@H]1[C@H](O)[C@H]2O)O[C@@H]8CO)O[C@@H]7CO)O[C@@H]6C=O)O[C@@H]5CO)O[C@@H]4CO)O[C@@H]3CO. The fourth-order valence-corrected chi connectivity index (χ4v) is 10.2. The van der Waals surface area contributed by atoms with Crippen LogP contribution in [0.1, 0.15) is 0 Å². The maximum atomic E-state index is 12.4. The molecule has 0 saturated carbocycles. The van der Waals surface area contributed by atoms with Crippen molar-refractivity contribution in [2.45, 2.75) is 215 Å². The summed E-state index contributed by atoms with van der Waals surface area (Å²) in [7, 11) is 0. The number of carbonyl (C=O) groups is 2. The van der Waals surface area contributed by atoms with E-state index < -0.39 is 248 Å². The number of carbonyl (C=O) groups excluding carboxylic acids is 2. The van der Waals surface area contributed by atoms with Crippen molar-refractivity contribution < 1.29 is 173 Å². The van der Waals surface area contributed by atoms with Crippen LogP contribution < -0.4 is 0 Å². The molecule has 21 fully saturated rings. The molecule has 21 aliphatic rings. The van der Waals surface area contributed by atoms with Gasteiger partial charge in [0.05, 0.1) is 33.0 Å². The molecule has 444 valence electrons. The van der Waals surface area contributed by atoms with Crippen molar-refractivity contribution in [3.8, 4) is 0 Å². The maximum absolute atomic E-state index is 12.4. The van der Waals surface area contributed by atoms with Gasteiger partial charge in [0.2, 0.25) is 0 Å². The Kier molecular flexibility index (Phi) is 20.4. The summed E-state index contributed by atoms with van der Waals surface area (Å²) < 4.78 is 78.7. The summed E-state index contributed by atoms with van der Waals surface area (Å²) in [6.07, 6.45) is -72.1. The zero-order valence-corrected chi connectivity index (χ0v) is 39.9. The molecule has 0 unspecified atom stereocenters. The van der Waals surface area contributed by atoms with Gasteiger partial charge in [-0.25, -0.2) is 0 Å². The van der Waals surface area contributed by atoms with Gasteiger partial charge < -0.3 is 173 Å². The molecule has 0 aliphatic carbocycles. The first-order valence-corrected chi connectivity index (χ1v) is 24.3. The third kappa shape index (κ3) is 11.8. The highest BCUT2D eigenvalue weighted by atomic mass is 16.8. The van der Waals surface area contributed by atoms with E-state index in [1.54, 1.807) is 0 Å². The molecule has 35 atom stereocenters. The largest absolute Gasteiger partial charge is 0.394 e. The van der Waals surface area contributed by atoms with Crippen LogP contribution in [0.25, 0.3) is 0 Å². The molecule has 35 heteroatoms. The van der Waals surface area contributed by atoms with Crippen molar-refractivity contribution in [3.05, 3.63) is 0 Å². The van der Waals surface area contributed by atoms with Gasteiger partial charge in [-0.05, 0) is 0 Å². The van der Waals surface area contributed by atoms with E-state index in [2.05, 4.69) is 0 Å². The lowest BCUT2D eigenvalue weighted by Gasteiger charge is -2.49. The molecule has 21 aliphatic heterocycles. The Bertz CT molecular complexity index is 1880. The van der Waals surface area contributed by atoms with Crippen molar-refractivity contribution in [1.82, 2.24) is 0 Å². The molecular weight excluding hydrogens is 1060 g/mol. The van der Waals surface area contributed by atoms with Crippen LogP contribution in [0, 0.1) is 0 Å². The summed E-state index contributed by atoms with van der Waals surface area (Å²) in [5.74, 6) is 0. The summed E-state index contributed by atoms with van der Waals surface area (Å²) in [5, 5.41) is 209. The quantitative estimate of drug-likeness (QED) is 0.105. The number of rotatable bonds is 7. The normalized spacial score (nSPS) is 55.2. The van der Waals surface area contributed by atoms with Gasteiger partial charge in [-0.15, -0.1) is 0 Å². The number of ether oxygens (including phenoxy) is 14. The summed E-state index contributed by atoms with van der Waals surface area (Å²) in [4.78, 5) is 24.8. The summed E-state index contributed by atoms with van der Waals surface area (Å²) in [5.41, 5.74) is 0. The second-order valence-corrected chi connectivity index (χ2v) is 19.4. The van der Waals surface area contributed by atoms with Crippen molar-refractivity contribution in [2.75, 3.05) is 33.0 Å². The molecule has 19 N–H and O–H groups in total. The number of aliphatic hydroxyl groups is 19. The molecule has 0 spiro atoms. The van der Waals surface area contributed by atoms with Crippen LogP contribution in [-0.4, -0.2) is 358 Å².